The van der Waals surface area contributed by atoms with Crippen molar-refractivity contribution in [2.24, 2.45) is 0 Å². The molecule has 0 radical (unpaired) electrons. The molecular weight excluding hydrogens is 404 g/mol. The van der Waals surface area contributed by atoms with Crippen LogP contribution in [0.25, 0.3) is 0 Å². The summed E-state index contributed by atoms with van der Waals surface area (Å²) in [6, 6.07) is 10.9. The van der Waals surface area contributed by atoms with Crippen molar-refractivity contribution in [2.75, 3.05) is 11.9 Å². The molecule has 0 unspecified atom stereocenters. The summed E-state index contributed by atoms with van der Waals surface area (Å²) in [4.78, 5) is 22.4. The number of hydrogen-bond donors (Lipinski definition) is 3. The van der Waals surface area contributed by atoms with Crippen LogP contribution in [0.15, 0.2) is 66.1 Å². The molecule has 146 valence electrons. The van der Waals surface area contributed by atoms with Gasteiger partial charge in [-0.15, -0.1) is 6.58 Å². The molecule has 2 aromatic rings. The molecular formula is C17H16N4O5S2. The van der Waals surface area contributed by atoms with Crippen LogP contribution >= 0.6 is 12.2 Å². The van der Waals surface area contributed by atoms with E-state index in [9.17, 15) is 23.3 Å². The summed E-state index contributed by atoms with van der Waals surface area (Å²) in [5, 5.41) is 15.9. The lowest BCUT2D eigenvalue weighted by Crippen LogP contribution is -2.34. The van der Waals surface area contributed by atoms with Gasteiger partial charge in [-0.25, -0.2) is 13.1 Å². The Balaban J connectivity index is 2.01. The Morgan fingerprint density at radius 2 is 1.89 bits per heavy atom. The van der Waals surface area contributed by atoms with Gasteiger partial charge in [-0.1, -0.05) is 12.1 Å². The molecule has 11 heteroatoms. The van der Waals surface area contributed by atoms with Crippen LogP contribution in [0.4, 0.5) is 11.4 Å². The molecule has 0 bridgehead atoms. The maximum atomic E-state index is 12.1. The summed E-state index contributed by atoms with van der Waals surface area (Å²) in [6.07, 6.45) is 1.43. The quantitative estimate of drug-likeness (QED) is 0.271. The lowest BCUT2D eigenvalue weighted by Gasteiger charge is -2.10. The molecule has 28 heavy (non-hydrogen) atoms. The van der Waals surface area contributed by atoms with E-state index < -0.39 is 20.9 Å². The zero-order valence-electron chi connectivity index (χ0n) is 14.4. The second-order valence-corrected chi connectivity index (χ2v) is 7.56. The van der Waals surface area contributed by atoms with Crippen LogP contribution in [-0.4, -0.2) is 30.9 Å². The van der Waals surface area contributed by atoms with Gasteiger partial charge in [-0.05, 0) is 42.5 Å². The number of sulfonamides is 1. The lowest BCUT2D eigenvalue weighted by atomic mass is 10.2. The molecule has 0 spiro atoms. The van der Waals surface area contributed by atoms with Gasteiger partial charge in [0.25, 0.3) is 11.6 Å². The number of amides is 1. The largest absolute Gasteiger partial charge is 0.332 e. The van der Waals surface area contributed by atoms with Crippen LogP contribution in [-0.2, 0) is 10.0 Å². The number of rotatable bonds is 7. The number of non-ortho nitro benzene ring substituents is 1. The zero-order chi connectivity index (χ0) is 20.7. The molecule has 1 amide bonds. The van der Waals surface area contributed by atoms with E-state index in [1.165, 1.54) is 48.5 Å². The Hall–Kier alpha value is -3.15. The highest BCUT2D eigenvalue weighted by atomic mass is 32.2. The molecule has 0 saturated heterocycles. The van der Waals surface area contributed by atoms with E-state index in [1.807, 2.05) is 0 Å². The molecule has 0 aliphatic heterocycles. The van der Waals surface area contributed by atoms with Crippen LogP contribution < -0.4 is 15.4 Å². The second-order valence-electron chi connectivity index (χ2n) is 5.38. The van der Waals surface area contributed by atoms with Gasteiger partial charge in [0.15, 0.2) is 5.11 Å². The van der Waals surface area contributed by atoms with Crippen molar-refractivity contribution >= 4 is 44.6 Å². The fourth-order valence-electron chi connectivity index (χ4n) is 2.07. The van der Waals surface area contributed by atoms with Crippen molar-refractivity contribution in [3.05, 3.63) is 76.9 Å². The highest BCUT2D eigenvalue weighted by molar-refractivity contribution is 7.89. The van der Waals surface area contributed by atoms with Crippen LogP contribution in [0.1, 0.15) is 10.4 Å². The minimum absolute atomic E-state index is 0.0445. The number of carbonyl (C=O) groups excluding carboxylic acids is 1. The number of hydrogen-bond acceptors (Lipinski definition) is 6. The van der Waals surface area contributed by atoms with Crippen molar-refractivity contribution in [1.29, 1.82) is 0 Å². The molecule has 0 atom stereocenters. The second kappa shape index (κ2) is 9.17. The van der Waals surface area contributed by atoms with Crippen LogP contribution in [0.3, 0.4) is 0 Å². The lowest BCUT2D eigenvalue weighted by molar-refractivity contribution is -0.384. The van der Waals surface area contributed by atoms with Crippen molar-refractivity contribution in [3.63, 3.8) is 0 Å². The standard InChI is InChI=1S/C17H16N4O5S2/c1-2-10-18-28(25,26)15-8-6-13(7-9-15)19-17(27)20-16(22)12-4-3-5-14(11-12)21(23)24/h2-9,11,18H,1,10H2,(H2,19,20,22,27). The minimum atomic E-state index is -3.64. The van der Waals surface area contributed by atoms with E-state index in [0.29, 0.717) is 5.69 Å². The Kier molecular flexibility index (Phi) is 6.93. The summed E-state index contributed by atoms with van der Waals surface area (Å²) in [5.74, 6) is -0.617. The van der Waals surface area contributed by atoms with Crippen LogP contribution in [0.5, 0.6) is 0 Å². The van der Waals surface area contributed by atoms with Gasteiger partial charge in [0, 0.05) is 29.9 Å². The van der Waals surface area contributed by atoms with Crippen molar-refractivity contribution in [2.45, 2.75) is 4.90 Å². The zero-order valence-corrected chi connectivity index (χ0v) is 16.0. The Morgan fingerprint density at radius 1 is 1.21 bits per heavy atom. The third-order valence-electron chi connectivity index (χ3n) is 3.39. The highest BCUT2D eigenvalue weighted by Crippen LogP contribution is 2.15. The van der Waals surface area contributed by atoms with Gasteiger partial charge < -0.3 is 5.32 Å². The summed E-state index contributed by atoms with van der Waals surface area (Å²) in [7, 11) is -3.64. The predicted molar refractivity (Wildman–Crippen MR) is 109 cm³/mol. The number of thiocarbonyl (C=S) groups is 1. The molecule has 0 aliphatic rings. The number of anilines is 1. The van der Waals surface area contributed by atoms with Gasteiger partial charge in [-0.3, -0.25) is 20.2 Å². The van der Waals surface area contributed by atoms with Crippen LogP contribution in [0, 0.1) is 10.1 Å². The van der Waals surface area contributed by atoms with E-state index in [1.54, 1.807) is 0 Å². The number of nitro benzene ring substituents is 1. The topological polar surface area (TPSA) is 130 Å². The highest BCUT2D eigenvalue weighted by Gasteiger charge is 2.14. The molecule has 2 aromatic carbocycles. The third-order valence-corrected chi connectivity index (χ3v) is 5.03. The fraction of sp³-hybridized carbons (Fsp3) is 0.0588. The van der Waals surface area contributed by atoms with Crippen molar-refractivity contribution in [3.8, 4) is 0 Å². The number of nitro groups is 1. The fourth-order valence-corrected chi connectivity index (χ4v) is 3.28. The Bertz CT molecular complexity index is 1020. The molecule has 0 aliphatic carbocycles. The maximum absolute atomic E-state index is 12.1. The first-order valence-corrected chi connectivity index (χ1v) is 9.69. The molecule has 9 nitrogen and oxygen atoms in total. The van der Waals surface area contributed by atoms with Gasteiger partial charge in [0.2, 0.25) is 10.0 Å². The number of nitrogens with one attached hydrogen (secondary N) is 3. The van der Waals surface area contributed by atoms with Crippen molar-refractivity contribution < 1.29 is 18.1 Å². The molecule has 2 rings (SSSR count). The number of nitrogens with zero attached hydrogens (tertiary/aromatic N) is 1. The molecule has 3 N–H and O–H groups in total. The summed E-state index contributed by atoms with van der Waals surface area (Å²) in [6.45, 7) is 3.55. The Labute approximate surface area is 166 Å². The minimum Gasteiger partial charge on any atom is -0.332 e. The van der Waals surface area contributed by atoms with E-state index in [2.05, 4.69) is 21.9 Å². The summed E-state index contributed by atoms with van der Waals surface area (Å²) >= 11 is 5.04. The van der Waals surface area contributed by atoms with Gasteiger partial charge >= 0.3 is 0 Å². The third kappa shape index (κ3) is 5.67. The van der Waals surface area contributed by atoms with E-state index >= 15 is 0 Å². The van der Waals surface area contributed by atoms with E-state index in [0.717, 1.165) is 6.07 Å². The first kappa shape index (κ1) is 21.2. The smallest absolute Gasteiger partial charge is 0.270 e. The first-order valence-electron chi connectivity index (χ1n) is 7.80. The van der Waals surface area contributed by atoms with Gasteiger partial charge in [0.1, 0.15) is 0 Å². The first-order chi connectivity index (χ1) is 13.2. The number of carbonyl (C=O) groups is 1. The molecule has 0 fully saturated rings. The van der Waals surface area contributed by atoms with Gasteiger partial charge in [0.05, 0.1) is 9.82 Å². The average Bonchev–Trinajstić information content (AvgIpc) is 2.66. The Morgan fingerprint density at radius 3 is 2.50 bits per heavy atom. The number of benzene rings is 2. The SMILES string of the molecule is C=CCNS(=O)(=O)c1ccc(NC(=S)NC(=O)c2cccc([N+](=O)[O-])c2)cc1. The van der Waals surface area contributed by atoms with Gasteiger partial charge in [-0.2, -0.15) is 0 Å². The molecule has 0 aromatic heterocycles. The van der Waals surface area contributed by atoms with E-state index in [4.69, 9.17) is 12.2 Å². The maximum Gasteiger partial charge on any atom is 0.270 e. The predicted octanol–water partition coefficient (Wildman–Crippen LogP) is 2.19. The molecule has 0 heterocycles. The average molecular weight is 420 g/mol. The normalized spacial score (nSPS) is 10.7. The monoisotopic (exact) mass is 420 g/mol. The van der Waals surface area contributed by atoms with Crippen molar-refractivity contribution in [1.82, 2.24) is 10.0 Å². The summed E-state index contributed by atoms with van der Waals surface area (Å²) in [5.41, 5.74) is 0.313. The van der Waals surface area contributed by atoms with E-state index in [-0.39, 0.29) is 27.8 Å². The molecule has 0 saturated carbocycles. The van der Waals surface area contributed by atoms with Crippen LogP contribution in [0.2, 0.25) is 0 Å². The summed E-state index contributed by atoms with van der Waals surface area (Å²) < 4.78 is 26.3.